The zero-order valence-corrected chi connectivity index (χ0v) is 24.1. The number of nitrogens with one attached hydrogen (secondary N) is 2. The fourth-order valence-corrected chi connectivity index (χ4v) is 5.75. The van der Waals surface area contributed by atoms with Gasteiger partial charge in [0.25, 0.3) is 17.5 Å². The highest BCUT2D eigenvalue weighted by Crippen LogP contribution is 2.31. The summed E-state index contributed by atoms with van der Waals surface area (Å²) in [5.74, 6) is -0.284. The van der Waals surface area contributed by atoms with Crippen molar-refractivity contribution in [2.45, 2.75) is 12.8 Å². The average molecular weight is 599 g/mol. The average Bonchev–Trinajstić information content (AvgIpc) is 3.72. The van der Waals surface area contributed by atoms with Crippen LogP contribution in [0.2, 0.25) is 0 Å². The van der Waals surface area contributed by atoms with E-state index in [9.17, 15) is 19.7 Å². The Balaban J connectivity index is 1.01. The van der Waals surface area contributed by atoms with Crippen molar-refractivity contribution in [3.63, 3.8) is 0 Å². The largest absolute Gasteiger partial charge is 0.451 e. The van der Waals surface area contributed by atoms with Crippen LogP contribution in [-0.2, 0) is 0 Å². The molecule has 2 aliphatic rings. The van der Waals surface area contributed by atoms with Gasteiger partial charge in [-0.2, -0.15) is 0 Å². The van der Waals surface area contributed by atoms with Crippen LogP contribution >= 0.6 is 12.2 Å². The molecule has 0 aliphatic carbocycles. The lowest BCUT2D eigenvalue weighted by molar-refractivity contribution is -0.384. The number of carbonyl (C=O) groups is 2. The van der Waals surface area contributed by atoms with Crippen molar-refractivity contribution in [1.82, 2.24) is 10.2 Å². The molecule has 43 heavy (non-hydrogen) atoms. The van der Waals surface area contributed by atoms with Crippen LogP contribution in [0, 0.1) is 10.1 Å². The van der Waals surface area contributed by atoms with Crippen molar-refractivity contribution in [2.75, 3.05) is 54.4 Å². The molecule has 3 heterocycles. The summed E-state index contributed by atoms with van der Waals surface area (Å²) in [5, 5.41) is 18.3. The van der Waals surface area contributed by atoms with Gasteiger partial charge in [0.15, 0.2) is 10.9 Å². The molecule has 0 spiro atoms. The van der Waals surface area contributed by atoms with E-state index in [-0.39, 0.29) is 22.3 Å². The molecule has 6 rings (SSSR count). The number of benzene rings is 3. The minimum atomic E-state index is -0.528. The van der Waals surface area contributed by atoms with E-state index >= 15 is 0 Å². The first-order chi connectivity index (χ1) is 20.9. The van der Waals surface area contributed by atoms with Crippen molar-refractivity contribution in [3.05, 3.63) is 94.2 Å². The normalized spacial score (nSPS) is 15.0. The maximum Gasteiger partial charge on any atom is 0.293 e. The molecular weight excluding hydrogens is 568 g/mol. The number of rotatable bonds is 6. The van der Waals surface area contributed by atoms with Crippen LogP contribution in [0.3, 0.4) is 0 Å². The predicted octanol–water partition coefficient (Wildman–Crippen LogP) is 5.03. The first kappa shape index (κ1) is 28.2. The van der Waals surface area contributed by atoms with Crippen molar-refractivity contribution < 1.29 is 18.9 Å². The third-order valence-electron chi connectivity index (χ3n) is 7.80. The lowest BCUT2D eigenvalue weighted by Crippen LogP contribution is -2.48. The lowest BCUT2D eigenvalue weighted by Gasteiger charge is -2.35. The molecule has 220 valence electrons. The number of fused-ring (bicyclic) bond motifs is 1. The summed E-state index contributed by atoms with van der Waals surface area (Å²) in [4.78, 5) is 43.0. The maximum absolute atomic E-state index is 13.0. The fraction of sp³-hybridized carbons (Fsp3) is 0.258. The molecule has 0 saturated carbocycles. The number of amides is 2. The Bertz CT molecular complexity index is 1660. The highest BCUT2D eigenvalue weighted by molar-refractivity contribution is 7.80. The van der Waals surface area contributed by atoms with Gasteiger partial charge in [0.05, 0.1) is 4.92 Å². The van der Waals surface area contributed by atoms with E-state index in [4.69, 9.17) is 16.6 Å². The highest BCUT2D eigenvalue weighted by Gasteiger charge is 2.26. The number of furan rings is 1. The topological polar surface area (TPSA) is 124 Å². The number of hydrogen-bond donors (Lipinski definition) is 2. The van der Waals surface area contributed by atoms with Gasteiger partial charge in [-0.05, 0) is 73.6 Å². The van der Waals surface area contributed by atoms with Crippen LogP contribution in [0.1, 0.15) is 33.8 Å². The summed E-state index contributed by atoms with van der Waals surface area (Å²) in [5.41, 5.74) is 2.98. The third kappa shape index (κ3) is 6.14. The van der Waals surface area contributed by atoms with E-state index in [0.717, 1.165) is 37.0 Å². The van der Waals surface area contributed by atoms with Crippen LogP contribution in [0.15, 0.2) is 77.2 Å². The number of nitro groups is 1. The molecular formula is C31H30N6O5S. The molecule has 4 aromatic rings. The summed E-state index contributed by atoms with van der Waals surface area (Å²) in [6, 6.07) is 21.5. The smallest absolute Gasteiger partial charge is 0.293 e. The Morgan fingerprint density at radius 1 is 0.860 bits per heavy atom. The quantitative estimate of drug-likeness (QED) is 0.179. The zero-order valence-electron chi connectivity index (χ0n) is 23.3. The van der Waals surface area contributed by atoms with E-state index in [1.165, 1.54) is 6.07 Å². The van der Waals surface area contributed by atoms with Gasteiger partial charge < -0.3 is 24.4 Å². The van der Waals surface area contributed by atoms with Gasteiger partial charge in [-0.25, -0.2) is 0 Å². The summed E-state index contributed by atoms with van der Waals surface area (Å²) in [6.07, 6.45) is 1.98. The Morgan fingerprint density at radius 3 is 2.28 bits per heavy atom. The monoisotopic (exact) mass is 598 g/mol. The fourth-order valence-electron chi connectivity index (χ4n) is 5.54. The number of piperazine rings is 1. The first-order valence-electron chi connectivity index (χ1n) is 14.1. The standard InChI is InChI=1S/C31H30N6O5S/c38-29(22-7-12-25(26(19-22)37(40)41)35-13-3-4-14-35)33-31(43)32-23-8-10-24(11-9-23)34-15-17-36(18-16-34)30(39)28-20-21-5-1-2-6-27(21)42-28/h1-2,5-12,19-20H,3-4,13-18H2,(H2,32,33,38,43). The van der Waals surface area contributed by atoms with Gasteiger partial charge in [-0.15, -0.1) is 0 Å². The first-order valence-corrected chi connectivity index (χ1v) is 14.5. The van der Waals surface area contributed by atoms with Crippen LogP contribution < -0.4 is 20.4 Å². The number of hydrogen-bond acceptors (Lipinski definition) is 8. The van der Waals surface area contributed by atoms with Gasteiger partial charge in [0, 0.05) is 67.7 Å². The molecule has 0 unspecified atom stereocenters. The van der Waals surface area contributed by atoms with Gasteiger partial charge in [0.2, 0.25) is 0 Å². The highest BCUT2D eigenvalue weighted by atomic mass is 32.1. The Kier molecular flexibility index (Phi) is 7.93. The molecule has 3 aromatic carbocycles. The van der Waals surface area contributed by atoms with Crippen molar-refractivity contribution in [3.8, 4) is 0 Å². The van der Waals surface area contributed by atoms with Gasteiger partial charge in [0.1, 0.15) is 11.3 Å². The van der Waals surface area contributed by atoms with E-state index in [2.05, 4.69) is 15.5 Å². The molecule has 2 aliphatic heterocycles. The number of nitrogens with zero attached hydrogens (tertiary/aromatic N) is 4. The molecule has 11 nitrogen and oxygen atoms in total. The number of para-hydroxylation sites is 1. The molecule has 2 fully saturated rings. The zero-order chi connectivity index (χ0) is 29.9. The number of thiocarbonyl (C=S) groups is 1. The van der Waals surface area contributed by atoms with Crippen LogP contribution in [0.25, 0.3) is 11.0 Å². The van der Waals surface area contributed by atoms with E-state index in [1.54, 1.807) is 23.1 Å². The maximum atomic E-state index is 13.0. The minimum absolute atomic E-state index is 0.0849. The molecule has 0 atom stereocenters. The second-order valence-corrected chi connectivity index (χ2v) is 10.9. The van der Waals surface area contributed by atoms with Crippen LogP contribution in [0.4, 0.5) is 22.7 Å². The second-order valence-electron chi connectivity index (χ2n) is 10.5. The van der Waals surface area contributed by atoms with E-state index in [1.807, 2.05) is 53.4 Å². The summed E-state index contributed by atoms with van der Waals surface area (Å²) in [7, 11) is 0. The van der Waals surface area contributed by atoms with Gasteiger partial charge in [-0.3, -0.25) is 25.0 Å². The molecule has 2 saturated heterocycles. The van der Waals surface area contributed by atoms with Crippen molar-refractivity contribution in [1.29, 1.82) is 0 Å². The van der Waals surface area contributed by atoms with Gasteiger partial charge in [-0.1, -0.05) is 18.2 Å². The number of nitro benzene ring substituents is 1. The molecule has 0 radical (unpaired) electrons. The molecule has 2 N–H and O–H groups in total. The summed E-state index contributed by atoms with van der Waals surface area (Å²) >= 11 is 5.33. The second kappa shape index (κ2) is 12.1. The lowest BCUT2D eigenvalue weighted by atomic mass is 10.1. The van der Waals surface area contributed by atoms with Crippen molar-refractivity contribution >= 4 is 62.9 Å². The van der Waals surface area contributed by atoms with Gasteiger partial charge >= 0.3 is 0 Å². The van der Waals surface area contributed by atoms with Crippen LogP contribution in [0.5, 0.6) is 0 Å². The summed E-state index contributed by atoms with van der Waals surface area (Å²) < 4.78 is 5.75. The van der Waals surface area contributed by atoms with Crippen molar-refractivity contribution in [2.24, 2.45) is 0 Å². The molecule has 2 amide bonds. The summed E-state index contributed by atoms with van der Waals surface area (Å²) in [6.45, 7) is 4.02. The molecule has 1 aromatic heterocycles. The van der Waals surface area contributed by atoms with E-state index in [0.29, 0.717) is 48.9 Å². The molecule has 12 heteroatoms. The Labute approximate surface area is 253 Å². The SMILES string of the molecule is O=C(NC(=S)Nc1ccc(N2CCN(C(=O)c3cc4ccccc4o3)CC2)cc1)c1ccc(N2CCCC2)c([N+](=O)[O-])c1. The van der Waals surface area contributed by atoms with Crippen LogP contribution in [-0.4, -0.2) is 66.0 Å². The number of anilines is 3. The molecule has 0 bridgehead atoms. The Hall–Kier alpha value is -4.97. The number of carbonyl (C=O) groups excluding carboxylic acids is 2. The van der Waals surface area contributed by atoms with E-state index < -0.39 is 10.8 Å². The Morgan fingerprint density at radius 2 is 1.58 bits per heavy atom. The minimum Gasteiger partial charge on any atom is -0.451 e. The predicted molar refractivity (Wildman–Crippen MR) is 169 cm³/mol. The third-order valence-corrected chi connectivity index (χ3v) is 8.01.